The van der Waals surface area contributed by atoms with Gasteiger partial charge < -0.3 is 5.32 Å². The Bertz CT molecular complexity index is 788. The van der Waals surface area contributed by atoms with E-state index in [1.165, 1.54) is 4.90 Å². The lowest BCUT2D eigenvalue weighted by molar-refractivity contribution is -0.121. The molecule has 118 valence electrons. The fourth-order valence-electron chi connectivity index (χ4n) is 2.71. The minimum atomic E-state index is -0.554. The fourth-order valence-corrected chi connectivity index (χ4v) is 2.89. The normalized spacial score (nSPS) is 17.7. The van der Waals surface area contributed by atoms with E-state index in [-0.39, 0.29) is 18.2 Å². The van der Waals surface area contributed by atoms with Gasteiger partial charge in [0.25, 0.3) is 5.91 Å². The number of nitrogens with one attached hydrogen (secondary N) is 1. The molecule has 1 unspecified atom stereocenters. The molecule has 1 fully saturated rings. The summed E-state index contributed by atoms with van der Waals surface area (Å²) in [4.78, 5) is 26.1. The van der Waals surface area contributed by atoms with Gasteiger partial charge in [0.15, 0.2) is 0 Å². The Labute approximate surface area is 140 Å². The SMILES string of the molecule is Cc1ccc(C)c(NC2CC(=O)N(c3cccc(Cl)c3)C2=O)c1. The van der Waals surface area contributed by atoms with Crippen LogP contribution in [-0.2, 0) is 9.59 Å². The number of hydrogen-bond acceptors (Lipinski definition) is 3. The number of benzene rings is 2. The Morgan fingerprint density at radius 1 is 1.13 bits per heavy atom. The quantitative estimate of drug-likeness (QED) is 0.874. The second-order valence-electron chi connectivity index (χ2n) is 5.77. The number of rotatable bonds is 3. The number of aryl methyl sites for hydroxylation is 2. The van der Waals surface area contributed by atoms with Gasteiger partial charge in [-0.1, -0.05) is 29.8 Å². The van der Waals surface area contributed by atoms with E-state index < -0.39 is 6.04 Å². The molecule has 1 N–H and O–H groups in total. The van der Waals surface area contributed by atoms with Crippen molar-refractivity contribution in [3.8, 4) is 0 Å². The number of nitrogens with zero attached hydrogens (tertiary/aromatic N) is 1. The third-order valence-electron chi connectivity index (χ3n) is 3.94. The van der Waals surface area contributed by atoms with Gasteiger partial charge >= 0.3 is 0 Å². The first-order valence-corrected chi connectivity index (χ1v) is 7.79. The van der Waals surface area contributed by atoms with Gasteiger partial charge in [-0.2, -0.15) is 0 Å². The van der Waals surface area contributed by atoms with E-state index in [1.807, 2.05) is 32.0 Å². The first-order chi connectivity index (χ1) is 11.0. The van der Waals surface area contributed by atoms with Gasteiger partial charge in [0.1, 0.15) is 6.04 Å². The van der Waals surface area contributed by atoms with E-state index in [0.29, 0.717) is 10.7 Å². The summed E-state index contributed by atoms with van der Waals surface area (Å²) in [5.74, 6) is -0.474. The molecule has 3 rings (SSSR count). The molecule has 1 aliphatic rings. The molecule has 0 aromatic heterocycles. The average Bonchev–Trinajstić information content (AvgIpc) is 2.77. The van der Waals surface area contributed by atoms with Crippen LogP contribution in [-0.4, -0.2) is 17.9 Å². The molecule has 2 aromatic rings. The Morgan fingerprint density at radius 2 is 1.91 bits per heavy atom. The molecule has 4 nitrogen and oxygen atoms in total. The molecule has 5 heteroatoms. The van der Waals surface area contributed by atoms with Crippen molar-refractivity contribution in [2.24, 2.45) is 0 Å². The van der Waals surface area contributed by atoms with Gasteiger partial charge in [0, 0.05) is 10.7 Å². The molecule has 1 saturated heterocycles. The Balaban J connectivity index is 1.85. The summed E-state index contributed by atoms with van der Waals surface area (Å²) >= 11 is 5.96. The number of hydrogen-bond donors (Lipinski definition) is 1. The van der Waals surface area contributed by atoms with E-state index in [0.717, 1.165) is 16.8 Å². The summed E-state index contributed by atoms with van der Waals surface area (Å²) < 4.78 is 0. The highest BCUT2D eigenvalue weighted by atomic mass is 35.5. The van der Waals surface area contributed by atoms with Crippen LogP contribution < -0.4 is 10.2 Å². The van der Waals surface area contributed by atoms with Crippen molar-refractivity contribution < 1.29 is 9.59 Å². The van der Waals surface area contributed by atoms with E-state index in [1.54, 1.807) is 24.3 Å². The van der Waals surface area contributed by atoms with Crippen molar-refractivity contribution in [3.63, 3.8) is 0 Å². The summed E-state index contributed by atoms with van der Waals surface area (Å²) in [5, 5.41) is 3.69. The van der Waals surface area contributed by atoms with Crippen molar-refractivity contribution in [2.75, 3.05) is 10.2 Å². The lowest BCUT2D eigenvalue weighted by atomic mass is 10.1. The number of halogens is 1. The van der Waals surface area contributed by atoms with Gasteiger partial charge in [-0.25, -0.2) is 4.90 Å². The van der Waals surface area contributed by atoms with Crippen LogP contribution >= 0.6 is 11.6 Å². The Kier molecular flexibility index (Phi) is 4.09. The summed E-state index contributed by atoms with van der Waals surface area (Å²) in [6.07, 6.45) is 0.138. The summed E-state index contributed by atoms with van der Waals surface area (Å²) in [7, 11) is 0. The molecule has 23 heavy (non-hydrogen) atoms. The van der Waals surface area contributed by atoms with Crippen molar-refractivity contribution >= 4 is 34.8 Å². The maximum atomic E-state index is 12.6. The largest absolute Gasteiger partial charge is 0.373 e. The van der Waals surface area contributed by atoms with Crippen LogP contribution in [0.5, 0.6) is 0 Å². The standard InChI is InChI=1S/C18H17ClN2O2/c1-11-6-7-12(2)15(8-11)20-16-10-17(22)21(18(16)23)14-5-3-4-13(19)9-14/h3-9,16,20H,10H2,1-2H3. The number of anilines is 2. The average molecular weight is 329 g/mol. The first-order valence-electron chi connectivity index (χ1n) is 7.42. The predicted octanol–water partition coefficient (Wildman–Crippen LogP) is 3.70. The zero-order chi connectivity index (χ0) is 16.6. The van der Waals surface area contributed by atoms with Crippen molar-refractivity contribution in [1.82, 2.24) is 0 Å². The molecule has 0 radical (unpaired) electrons. The Morgan fingerprint density at radius 3 is 2.65 bits per heavy atom. The third kappa shape index (κ3) is 3.08. The van der Waals surface area contributed by atoms with E-state index in [4.69, 9.17) is 11.6 Å². The Hall–Kier alpha value is -2.33. The zero-order valence-corrected chi connectivity index (χ0v) is 13.7. The molecular weight excluding hydrogens is 312 g/mol. The lowest BCUT2D eigenvalue weighted by Crippen LogP contribution is -2.34. The first kappa shape index (κ1) is 15.6. The number of carbonyl (C=O) groups is 2. The maximum absolute atomic E-state index is 12.6. The van der Waals surface area contributed by atoms with Gasteiger partial charge in [0.05, 0.1) is 12.1 Å². The molecule has 2 amide bonds. The van der Waals surface area contributed by atoms with E-state index in [2.05, 4.69) is 5.32 Å². The van der Waals surface area contributed by atoms with Gasteiger partial charge in [-0.05, 0) is 49.2 Å². The number of imide groups is 1. The van der Waals surface area contributed by atoms with Gasteiger partial charge in [-0.15, -0.1) is 0 Å². The van der Waals surface area contributed by atoms with Crippen LogP contribution in [0.1, 0.15) is 17.5 Å². The number of carbonyl (C=O) groups excluding carboxylic acids is 2. The molecule has 1 atom stereocenters. The molecule has 0 saturated carbocycles. The van der Waals surface area contributed by atoms with Crippen LogP contribution in [0.15, 0.2) is 42.5 Å². The molecule has 0 bridgehead atoms. The van der Waals surface area contributed by atoms with Crippen LogP contribution in [0.25, 0.3) is 0 Å². The van der Waals surface area contributed by atoms with Gasteiger partial charge in [0.2, 0.25) is 5.91 Å². The smallest absolute Gasteiger partial charge is 0.256 e. The third-order valence-corrected chi connectivity index (χ3v) is 4.17. The van der Waals surface area contributed by atoms with Crippen molar-refractivity contribution in [1.29, 1.82) is 0 Å². The summed E-state index contributed by atoms with van der Waals surface area (Å²) in [6, 6.07) is 12.2. The minimum Gasteiger partial charge on any atom is -0.373 e. The monoisotopic (exact) mass is 328 g/mol. The lowest BCUT2D eigenvalue weighted by Gasteiger charge is -2.17. The topological polar surface area (TPSA) is 49.4 Å². The van der Waals surface area contributed by atoms with Gasteiger partial charge in [-0.3, -0.25) is 9.59 Å². The van der Waals surface area contributed by atoms with Crippen molar-refractivity contribution in [2.45, 2.75) is 26.3 Å². The fraction of sp³-hybridized carbons (Fsp3) is 0.222. The van der Waals surface area contributed by atoms with Crippen LogP contribution in [0.3, 0.4) is 0 Å². The molecule has 2 aromatic carbocycles. The second kappa shape index (κ2) is 6.05. The molecule has 1 heterocycles. The molecule has 1 aliphatic heterocycles. The van der Waals surface area contributed by atoms with Crippen LogP contribution in [0.4, 0.5) is 11.4 Å². The second-order valence-corrected chi connectivity index (χ2v) is 6.20. The maximum Gasteiger partial charge on any atom is 0.256 e. The number of amides is 2. The molecule has 0 spiro atoms. The van der Waals surface area contributed by atoms with Crippen LogP contribution in [0.2, 0.25) is 5.02 Å². The summed E-state index contributed by atoms with van der Waals surface area (Å²) in [5.41, 5.74) is 3.53. The highest BCUT2D eigenvalue weighted by Crippen LogP contribution is 2.28. The van der Waals surface area contributed by atoms with Crippen molar-refractivity contribution in [3.05, 3.63) is 58.6 Å². The minimum absolute atomic E-state index is 0.138. The highest BCUT2D eigenvalue weighted by Gasteiger charge is 2.39. The highest BCUT2D eigenvalue weighted by molar-refractivity contribution is 6.31. The molecular formula is C18H17ClN2O2. The molecule has 0 aliphatic carbocycles. The summed E-state index contributed by atoms with van der Waals surface area (Å²) in [6.45, 7) is 3.96. The van der Waals surface area contributed by atoms with Crippen LogP contribution in [0, 0.1) is 13.8 Å². The van der Waals surface area contributed by atoms with E-state index in [9.17, 15) is 9.59 Å². The zero-order valence-electron chi connectivity index (χ0n) is 13.0. The predicted molar refractivity (Wildman–Crippen MR) is 91.9 cm³/mol. The van der Waals surface area contributed by atoms with E-state index >= 15 is 0 Å².